The summed E-state index contributed by atoms with van der Waals surface area (Å²) in [6, 6.07) is 14.4. The quantitative estimate of drug-likeness (QED) is 0.360. The summed E-state index contributed by atoms with van der Waals surface area (Å²) < 4.78 is 10.9. The summed E-state index contributed by atoms with van der Waals surface area (Å²) in [5.74, 6) is 4.50. The van der Waals surface area contributed by atoms with Crippen molar-refractivity contribution in [2.24, 2.45) is 23.2 Å². The number of benzene rings is 2. The Morgan fingerprint density at radius 1 is 1.05 bits per heavy atom. The van der Waals surface area contributed by atoms with Crippen LogP contribution in [0, 0.1) is 23.2 Å². The molecule has 0 aliphatic heterocycles. The second-order valence-electron chi connectivity index (χ2n) is 11.9. The molecule has 5 rings (SSSR count). The van der Waals surface area contributed by atoms with E-state index >= 15 is 0 Å². The van der Waals surface area contributed by atoms with Gasteiger partial charge >= 0.3 is 0 Å². The molecule has 2 aromatic carbocycles. The minimum Gasteiger partial charge on any atom is -0.497 e. The van der Waals surface area contributed by atoms with E-state index in [9.17, 15) is 9.59 Å². The predicted molar refractivity (Wildman–Crippen MR) is 149 cm³/mol. The van der Waals surface area contributed by atoms with Crippen molar-refractivity contribution in [1.29, 1.82) is 0 Å². The van der Waals surface area contributed by atoms with Crippen LogP contribution < -0.4 is 14.8 Å². The van der Waals surface area contributed by atoms with Gasteiger partial charge in [0, 0.05) is 30.4 Å². The Morgan fingerprint density at radius 2 is 1.89 bits per heavy atom. The van der Waals surface area contributed by atoms with Crippen LogP contribution in [0.4, 0.5) is 0 Å². The number of para-hydroxylation sites is 1. The maximum Gasteiger partial charge on any atom is 0.220 e. The highest BCUT2D eigenvalue weighted by Crippen LogP contribution is 2.62. The van der Waals surface area contributed by atoms with Gasteiger partial charge in [-0.25, -0.2) is 0 Å². The predicted octanol–water partition coefficient (Wildman–Crippen LogP) is 6.62. The van der Waals surface area contributed by atoms with Gasteiger partial charge < -0.3 is 14.8 Å². The molecule has 3 aliphatic carbocycles. The molecule has 3 unspecified atom stereocenters. The lowest BCUT2D eigenvalue weighted by Gasteiger charge is -2.50. The number of hydrogen-bond acceptors (Lipinski definition) is 4. The highest BCUT2D eigenvalue weighted by molar-refractivity contribution is 5.87. The number of fused-ring (bicyclic) bond motifs is 5. The molecule has 2 saturated carbocycles. The van der Waals surface area contributed by atoms with Gasteiger partial charge in [0.05, 0.1) is 14.2 Å². The number of ketones is 1. The second kappa shape index (κ2) is 11.5. The lowest BCUT2D eigenvalue weighted by Crippen LogP contribution is -2.44. The van der Waals surface area contributed by atoms with E-state index < -0.39 is 0 Å². The van der Waals surface area contributed by atoms with Crippen molar-refractivity contribution in [2.75, 3.05) is 14.2 Å². The molecule has 5 nitrogen and oxygen atoms in total. The fraction of sp³-hybridized carbons (Fsp3) is 0.576. The molecule has 204 valence electrons. The van der Waals surface area contributed by atoms with E-state index in [-0.39, 0.29) is 11.3 Å². The van der Waals surface area contributed by atoms with Gasteiger partial charge in [0.25, 0.3) is 0 Å². The number of ether oxygens (including phenoxy) is 2. The Morgan fingerprint density at radius 3 is 2.71 bits per heavy atom. The minimum absolute atomic E-state index is 0.0900. The third-order valence-corrected chi connectivity index (χ3v) is 9.92. The van der Waals surface area contributed by atoms with Gasteiger partial charge in [-0.05, 0) is 91.5 Å². The van der Waals surface area contributed by atoms with Crippen LogP contribution in [-0.2, 0) is 22.6 Å². The molecule has 0 heterocycles. The first-order chi connectivity index (χ1) is 18.4. The van der Waals surface area contributed by atoms with Crippen molar-refractivity contribution < 1.29 is 19.1 Å². The van der Waals surface area contributed by atoms with Crippen LogP contribution >= 0.6 is 0 Å². The van der Waals surface area contributed by atoms with Crippen LogP contribution in [0.5, 0.6) is 11.5 Å². The first-order valence-corrected chi connectivity index (χ1v) is 14.5. The van der Waals surface area contributed by atoms with Crippen LogP contribution in [0.15, 0.2) is 42.5 Å². The third-order valence-electron chi connectivity index (χ3n) is 9.92. The number of carbonyl (C=O) groups is 2. The lowest BCUT2D eigenvalue weighted by molar-refractivity contribution is -0.129. The number of rotatable bonds is 10. The number of amides is 1. The van der Waals surface area contributed by atoms with Crippen LogP contribution in [0.2, 0.25) is 0 Å². The zero-order chi connectivity index (χ0) is 26.7. The molecule has 3 aliphatic rings. The van der Waals surface area contributed by atoms with E-state index in [1.807, 2.05) is 24.3 Å². The maximum absolute atomic E-state index is 13.3. The number of methoxy groups -OCH3 is 2. The highest BCUT2D eigenvalue weighted by Gasteiger charge is 2.58. The summed E-state index contributed by atoms with van der Waals surface area (Å²) in [6.07, 6.45) is 9.83. The number of hydrogen-bond donors (Lipinski definition) is 1. The lowest BCUT2D eigenvalue weighted by atomic mass is 9.54. The summed E-state index contributed by atoms with van der Waals surface area (Å²) in [5, 5.41) is 3.03. The molecule has 1 amide bonds. The van der Waals surface area contributed by atoms with E-state index in [1.165, 1.54) is 17.5 Å². The molecule has 0 aromatic heterocycles. The zero-order valence-electron chi connectivity index (χ0n) is 23.3. The SMILES string of the molecule is COc1ccc2c(c1)CCC1C2CC[C@]2(C)C(=O)C[C@@H](CCCCCC(=O)NCc3ccccc3OC)C12. The average molecular weight is 518 g/mol. The van der Waals surface area contributed by atoms with Gasteiger partial charge in [-0.2, -0.15) is 0 Å². The zero-order valence-corrected chi connectivity index (χ0v) is 23.3. The molecular formula is C33H43NO4. The first-order valence-electron chi connectivity index (χ1n) is 14.5. The molecule has 0 saturated heterocycles. The molecule has 1 N–H and O–H groups in total. The van der Waals surface area contributed by atoms with Crippen molar-refractivity contribution in [2.45, 2.75) is 83.6 Å². The van der Waals surface area contributed by atoms with Crippen molar-refractivity contribution >= 4 is 11.7 Å². The standard InChI is InChI=1S/C33H43NO4/c1-33-18-17-27-26-16-14-25(37-2)19-22(26)13-15-28(27)32(33)23(20-30(33)35)9-5-4-6-12-31(36)34-21-24-10-7-8-11-29(24)38-3/h7-8,10-11,14,16,19,23,27-28,32H,4-6,9,12-13,15,17-18,20-21H2,1-3H3,(H,34,36)/t23-,27?,28?,32?,33-/m1/s1. The third kappa shape index (κ3) is 5.21. The molecule has 2 aromatic rings. The smallest absolute Gasteiger partial charge is 0.220 e. The number of unbranched alkanes of at least 4 members (excludes halogenated alkanes) is 2. The second-order valence-corrected chi connectivity index (χ2v) is 11.9. The van der Waals surface area contributed by atoms with Gasteiger partial charge in [0.2, 0.25) is 5.91 Å². The number of carbonyl (C=O) groups excluding carboxylic acids is 2. The number of Topliss-reactive ketones (excluding diaryl/α,β-unsaturated/α-hetero) is 1. The molecule has 0 spiro atoms. The van der Waals surface area contributed by atoms with Gasteiger partial charge in [-0.3, -0.25) is 9.59 Å². The topological polar surface area (TPSA) is 64.6 Å². The monoisotopic (exact) mass is 517 g/mol. The molecule has 0 bridgehead atoms. The van der Waals surface area contributed by atoms with E-state index in [0.717, 1.165) is 68.4 Å². The van der Waals surface area contributed by atoms with Crippen molar-refractivity contribution in [1.82, 2.24) is 5.32 Å². The molecule has 38 heavy (non-hydrogen) atoms. The van der Waals surface area contributed by atoms with Crippen LogP contribution in [0.3, 0.4) is 0 Å². The van der Waals surface area contributed by atoms with Crippen molar-refractivity contribution in [3.05, 3.63) is 59.2 Å². The Labute approximate surface area is 227 Å². The van der Waals surface area contributed by atoms with Gasteiger partial charge in [-0.15, -0.1) is 0 Å². The van der Waals surface area contributed by atoms with Gasteiger partial charge in [0.15, 0.2) is 0 Å². The summed E-state index contributed by atoms with van der Waals surface area (Å²) in [5.41, 5.74) is 3.79. The van der Waals surface area contributed by atoms with Crippen molar-refractivity contribution in [3.63, 3.8) is 0 Å². The van der Waals surface area contributed by atoms with E-state index in [4.69, 9.17) is 9.47 Å². The molecule has 0 radical (unpaired) electrons. The molecule has 5 heteroatoms. The summed E-state index contributed by atoms with van der Waals surface area (Å²) in [6.45, 7) is 2.76. The van der Waals surface area contributed by atoms with E-state index in [1.54, 1.807) is 14.2 Å². The highest BCUT2D eigenvalue weighted by atomic mass is 16.5. The number of nitrogens with one attached hydrogen (secondary N) is 1. The van der Waals surface area contributed by atoms with Crippen LogP contribution in [-0.4, -0.2) is 25.9 Å². The summed E-state index contributed by atoms with van der Waals surface area (Å²) >= 11 is 0. The Kier molecular flexibility index (Phi) is 8.11. The maximum atomic E-state index is 13.3. The van der Waals surface area contributed by atoms with E-state index in [0.29, 0.717) is 42.4 Å². The summed E-state index contributed by atoms with van der Waals surface area (Å²) in [4.78, 5) is 25.7. The summed E-state index contributed by atoms with van der Waals surface area (Å²) in [7, 11) is 3.39. The largest absolute Gasteiger partial charge is 0.497 e. The minimum atomic E-state index is -0.145. The Hall–Kier alpha value is -2.82. The molecule has 5 atom stereocenters. The fourth-order valence-corrected chi connectivity index (χ4v) is 8.01. The van der Waals surface area contributed by atoms with Crippen LogP contribution in [0.25, 0.3) is 0 Å². The van der Waals surface area contributed by atoms with Crippen LogP contribution in [0.1, 0.15) is 87.3 Å². The normalized spacial score (nSPS) is 27.7. The van der Waals surface area contributed by atoms with Gasteiger partial charge in [0.1, 0.15) is 17.3 Å². The first kappa shape index (κ1) is 26.8. The average Bonchev–Trinajstić information content (AvgIpc) is 3.20. The van der Waals surface area contributed by atoms with Crippen molar-refractivity contribution in [3.8, 4) is 11.5 Å². The fourth-order valence-electron chi connectivity index (χ4n) is 8.01. The molecule has 2 fully saturated rings. The number of aryl methyl sites for hydroxylation is 1. The Balaban J connectivity index is 1.13. The van der Waals surface area contributed by atoms with Gasteiger partial charge in [-0.1, -0.05) is 44.0 Å². The molecular weight excluding hydrogens is 474 g/mol. The Bertz CT molecular complexity index is 1160. The van der Waals surface area contributed by atoms with E-state index in [2.05, 4.69) is 30.4 Å².